The van der Waals surface area contributed by atoms with Gasteiger partial charge in [0.1, 0.15) is 6.04 Å². The van der Waals surface area contributed by atoms with E-state index in [0.717, 1.165) is 13.0 Å². The molecule has 0 amide bonds. The van der Waals surface area contributed by atoms with Crippen molar-refractivity contribution in [2.75, 3.05) is 13.2 Å². The van der Waals surface area contributed by atoms with Crippen LogP contribution >= 0.6 is 0 Å². The van der Waals surface area contributed by atoms with Gasteiger partial charge in [0.05, 0.1) is 6.61 Å². The number of hydrogen-bond acceptors (Lipinski definition) is 3. The summed E-state index contributed by atoms with van der Waals surface area (Å²) in [6, 6.07) is -0.0626. The van der Waals surface area contributed by atoms with Gasteiger partial charge in [0.2, 0.25) is 0 Å². The fraction of sp³-hybridized carbons (Fsp3) is 0.900. The van der Waals surface area contributed by atoms with E-state index in [-0.39, 0.29) is 12.0 Å². The highest BCUT2D eigenvalue weighted by Gasteiger charge is 2.31. The fourth-order valence-electron chi connectivity index (χ4n) is 1.69. The molecule has 0 bridgehead atoms. The minimum Gasteiger partial charge on any atom is -0.465 e. The normalized spacial score (nSPS) is 28.0. The first kappa shape index (κ1) is 10.5. The quantitative estimate of drug-likeness (QED) is 0.671. The summed E-state index contributed by atoms with van der Waals surface area (Å²) in [5.41, 5.74) is 0. The Kier molecular flexibility index (Phi) is 3.72. The zero-order chi connectivity index (χ0) is 9.84. The van der Waals surface area contributed by atoms with Crippen molar-refractivity contribution in [2.45, 2.75) is 33.2 Å². The number of carbonyl (C=O) groups excluding carboxylic acids is 1. The summed E-state index contributed by atoms with van der Waals surface area (Å²) < 4.78 is 4.95. The van der Waals surface area contributed by atoms with E-state index < -0.39 is 0 Å². The highest BCUT2D eigenvalue weighted by atomic mass is 16.5. The topological polar surface area (TPSA) is 38.3 Å². The van der Waals surface area contributed by atoms with Crippen LogP contribution in [0.5, 0.6) is 0 Å². The van der Waals surface area contributed by atoms with Crippen molar-refractivity contribution in [3.8, 4) is 0 Å². The Bertz CT molecular complexity index is 180. The minimum atomic E-state index is -0.0920. The van der Waals surface area contributed by atoms with Crippen LogP contribution in [0.15, 0.2) is 0 Å². The molecule has 0 aromatic heterocycles. The Hall–Kier alpha value is -0.570. The van der Waals surface area contributed by atoms with Crippen LogP contribution in [0.4, 0.5) is 0 Å². The summed E-state index contributed by atoms with van der Waals surface area (Å²) in [5, 5.41) is 3.20. The third kappa shape index (κ3) is 2.69. The lowest BCUT2D eigenvalue weighted by molar-refractivity contribution is -0.145. The molecule has 0 radical (unpaired) electrons. The van der Waals surface area contributed by atoms with Crippen LogP contribution in [0.1, 0.15) is 27.2 Å². The third-order valence-corrected chi connectivity index (χ3v) is 2.68. The molecule has 1 rings (SSSR count). The van der Waals surface area contributed by atoms with E-state index in [4.69, 9.17) is 4.74 Å². The van der Waals surface area contributed by atoms with Gasteiger partial charge in [-0.15, -0.1) is 0 Å². The Morgan fingerprint density at radius 3 is 2.77 bits per heavy atom. The van der Waals surface area contributed by atoms with Gasteiger partial charge in [-0.25, -0.2) is 0 Å². The van der Waals surface area contributed by atoms with Gasteiger partial charge in [-0.1, -0.05) is 13.8 Å². The number of hydrogen-bond donors (Lipinski definition) is 1. The first-order valence-corrected chi connectivity index (χ1v) is 5.05. The van der Waals surface area contributed by atoms with Gasteiger partial charge in [0.15, 0.2) is 0 Å². The molecular formula is C10H19NO2. The molecule has 1 aliphatic rings. The van der Waals surface area contributed by atoms with Gasteiger partial charge in [-0.2, -0.15) is 0 Å². The molecule has 1 N–H and O–H groups in total. The van der Waals surface area contributed by atoms with Crippen LogP contribution in [-0.2, 0) is 9.53 Å². The zero-order valence-electron chi connectivity index (χ0n) is 8.67. The number of carbonyl (C=O) groups is 1. The van der Waals surface area contributed by atoms with Gasteiger partial charge >= 0.3 is 5.97 Å². The number of rotatable bonds is 3. The highest BCUT2D eigenvalue weighted by Crippen LogP contribution is 2.22. The van der Waals surface area contributed by atoms with Gasteiger partial charge in [-0.3, -0.25) is 4.79 Å². The monoisotopic (exact) mass is 185 g/mol. The summed E-state index contributed by atoms with van der Waals surface area (Å²) in [6.45, 7) is 7.65. The van der Waals surface area contributed by atoms with Crippen molar-refractivity contribution in [1.29, 1.82) is 0 Å². The summed E-state index contributed by atoms with van der Waals surface area (Å²) in [6.07, 6.45) is 0.927. The maximum absolute atomic E-state index is 11.3. The fourth-order valence-corrected chi connectivity index (χ4v) is 1.69. The van der Waals surface area contributed by atoms with Crippen molar-refractivity contribution in [1.82, 2.24) is 5.32 Å². The number of ether oxygens (including phenoxy) is 1. The lowest BCUT2D eigenvalue weighted by Crippen LogP contribution is -2.32. The summed E-state index contributed by atoms with van der Waals surface area (Å²) in [7, 11) is 0. The predicted molar refractivity (Wildman–Crippen MR) is 51.4 cm³/mol. The maximum Gasteiger partial charge on any atom is 0.323 e. The first-order chi connectivity index (χ1) is 6.15. The van der Waals surface area contributed by atoms with Crippen LogP contribution in [0, 0.1) is 11.8 Å². The number of esters is 1. The molecule has 0 aromatic carbocycles. The van der Waals surface area contributed by atoms with Crippen LogP contribution in [0.2, 0.25) is 0 Å². The van der Waals surface area contributed by atoms with Gasteiger partial charge in [-0.05, 0) is 31.7 Å². The molecule has 1 saturated heterocycles. The largest absolute Gasteiger partial charge is 0.465 e. The second-order valence-electron chi connectivity index (χ2n) is 3.95. The molecule has 2 atom stereocenters. The van der Waals surface area contributed by atoms with Crippen LogP contribution in [0.3, 0.4) is 0 Å². The molecular weight excluding hydrogens is 166 g/mol. The van der Waals surface area contributed by atoms with Crippen molar-refractivity contribution < 1.29 is 9.53 Å². The average molecular weight is 185 g/mol. The van der Waals surface area contributed by atoms with Crippen molar-refractivity contribution in [3.63, 3.8) is 0 Å². The number of nitrogens with one attached hydrogen (secondary N) is 1. The van der Waals surface area contributed by atoms with E-state index in [1.54, 1.807) is 0 Å². The van der Waals surface area contributed by atoms with Gasteiger partial charge in [0.25, 0.3) is 0 Å². The summed E-state index contributed by atoms with van der Waals surface area (Å²) in [4.78, 5) is 11.3. The molecule has 0 spiro atoms. The van der Waals surface area contributed by atoms with Gasteiger partial charge < -0.3 is 10.1 Å². The van der Waals surface area contributed by atoms with E-state index in [2.05, 4.69) is 19.2 Å². The molecule has 1 aliphatic heterocycles. The molecule has 76 valence electrons. The van der Waals surface area contributed by atoms with Crippen LogP contribution < -0.4 is 5.32 Å². The Labute approximate surface area is 79.8 Å². The maximum atomic E-state index is 11.3. The Morgan fingerprint density at radius 2 is 2.31 bits per heavy atom. The lowest BCUT2D eigenvalue weighted by Gasteiger charge is -2.12. The van der Waals surface area contributed by atoms with E-state index in [9.17, 15) is 4.79 Å². The van der Waals surface area contributed by atoms with Crippen molar-refractivity contribution in [3.05, 3.63) is 0 Å². The second-order valence-corrected chi connectivity index (χ2v) is 3.95. The molecule has 3 heteroatoms. The predicted octanol–water partition coefficient (Wildman–Crippen LogP) is 1.18. The molecule has 0 saturated carbocycles. The standard InChI is InChI=1S/C10H19NO2/c1-4-13-10(12)9-5-8(6-11-9)7(2)3/h7-9,11H,4-6H2,1-3H3/t8-,9-/m0/s1. The SMILES string of the molecule is CCOC(=O)[C@@H]1C[C@H](C(C)C)CN1. The lowest BCUT2D eigenvalue weighted by atomic mass is 9.93. The molecule has 3 nitrogen and oxygen atoms in total. The van der Waals surface area contributed by atoms with E-state index in [0.29, 0.717) is 18.4 Å². The summed E-state index contributed by atoms with van der Waals surface area (Å²) >= 11 is 0. The van der Waals surface area contributed by atoms with Crippen molar-refractivity contribution >= 4 is 5.97 Å². The Balaban J connectivity index is 2.36. The van der Waals surface area contributed by atoms with Crippen LogP contribution in [-0.4, -0.2) is 25.2 Å². The molecule has 13 heavy (non-hydrogen) atoms. The van der Waals surface area contributed by atoms with E-state index in [1.807, 2.05) is 6.92 Å². The average Bonchev–Trinajstić information content (AvgIpc) is 2.52. The van der Waals surface area contributed by atoms with E-state index in [1.165, 1.54) is 0 Å². The molecule has 0 aliphatic carbocycles. The molecule has 0 aromatic rings. The molecule has 0 unspecified atom stereocenters. The molecule has 1 fully saturated rings. The van der Waals surface area contributed by atoms with E-state index >= 15 is 0 Å². The Morgan fingerprint density at radius 1 is 1.62 bits per heavy atom. The third-order valence-electron chi connectivity index (χ3n) is 2.68. The first-order valence-electron chi connectivity index (χ1n) is 5.05. The summed E-state index contributed by atoms with van der Waals surface area (Å²) in [5.74, 6) is 1.17. The zero-order valence-corrected chi connectivity index (χ0v) is 8.67. The highest BCUT2D eigenvalue weighted by molar-refractivity contribution is 5.76. The smallest absolute Gasteiger partial charge is 0.323 e. The van der Waals surface area contributed by atoms with Crippen LogP contribution in [0.25, 0.3) is 0 Å². The molecule has 1 heterocycles. The van der Waals surface area contributed by atoms with Gasteiger partial charge in [0, 0.05) is 0 Å². The second kappa shape index (κ2) is 4.61. The van der Waals surface area contributed by atoms with Crippen molar-refractivity contribution in [2.24, 2.45) is 11.8 Å². The minimum absolute atomic E-state index is 0.0626.